The molecule has 4 heteroatoms. The Morgan fingerprint density at radius 3 is 2.67 bits per heavy atom. The first kappa shape index (κ1) is 15.5. The highest BCUT2D eigenvalue weighted by atomic mass is 79.9. The van der Waals surface area contributed by atoms with Crippen molar-refractivity contribution in [3.8, 4) is 5.75 Å². The fourth-order valence-corrected chi connectivity index (χ4v) is 2.24. The van der Waals surface area contributed by atoms with Crippen LogP contribution in [0, 0.1) is 0 Å². The second kappa shape index (κ2) is 9.36. The van der Waals surface area contributed by atoms with Gasteiger partial charge >= 0.3 is 0 Å². The van der Waals surface area contributed by atoms with Gasteiger partial charge in [-0.3, -0.25) is 0 Å². The quantitative estimate of drug-likeness (QED) is 0.712. The standard InChI is InChI=1S/C14H22BrNO2/c1-17-9-10-18-14-7-6-12(11-13(14)15)5-3-2-4-8-16/h6-7,11H,2-5,8-10,16H2,1H3. The lowest BCUT2D eigenvalue weighted by atomic mass is 10.1. The Kier molecular flexibility index (Phi) is 8.05. The number of methoxy groups -OCH3 is 1. The van der Waals surface area contributed by atoms with E-state index in [9.17, 15) is 0 Å². The number of halogens is 1. The van der Waals surface area contributed by atoms with E-state index in [4.69, 9.17) is 15.2 Å². The first-order valence-corrected chi connectivity index (χ1v) is 7.17. The number of ether oxygens (including phenoxy) is 2. The Balaban J connectivity index is 2.41. The van der Waals surface area contributed by atoms with Crippen LogP contribution in [0.5, 0.6) is 5.75 Å². The average Bonchev–Trinajstić information content (AvgIpc) is 2.37. The van der Waals surface area contributed by atoms with Gasteiger partial charge in [-0.05, 0) is 59.4 Å². The van der Waals surface area contributed by atoms with E-state index in [1.807, 2.05) is 6.07 Å². The normalized spacial score (nSPS) is 10.6. The molecule has 1 aromatic carbocycles. The molecular weight excluding hydrogens is 294 g/mol. The third-order valence-electron chi connectivity index (χ3n) is 2.71. The van der Waals surface area contributed by atoms with Crippen molar-refractivity contribution < 1.29 is 9.47 Å². The van der Waals surface area contributed by atoms with Crippen molar-refractivity contribution in [3.63, 3.8) is 0 Å². The summed E-state index contributed by atoms with van der Waals surface area (Å²) in [6.45, 7) is 1.97. The zero-order valence-corrected chi connectivity index (χ0v) is 12.5. The van der Waals surface area contributed by atoms with Gasteiger partial charge in [0.2, 0.25) is 0 Å². The molecule has 0 amide bonds. The summed E-state index contributed by atoms with van der Waals surface area (Å²) in [4.78, 5) is 0. The van der Waals surface area contributed by atoms with Gasteiger partial charge in [-0.1, -0.05) is 12.5 Å². The van der Waals surface area contributed by atoms with Crippen molar-refractivity contribution in [1.82, 2.24) is 0 Å². The van der Waals surface area contributed by atoms with Gasteiger partial charge in [0, 0.05) is 7.11 Å². The van der Waals surface area contributed by atoms with Gasteiger partial charge < -0.3 is 15.2 Å². The molecule has 0 radical (unpaired) electrons. The Bertz CT molecular complexity index is 345. The molecule has 0 aliphatic heterocycles. The molecule has 0 spiro atoms. The van der Waals surface area contributed by atoms with Gasteiger partial charge in [-0.2, -0.15) is 0 Å². The highest BCUT2D eigenvalue weighted by Crippen LogP contribution is 2.26. The van der Waals surface area contributed by atoms with Gasteiger partial charge in [0.15, 0.2) is 0 Å². The number of hydrogen-bond donors (Lipinski definition) is 1. The number of hydrogen-bond acceptors (Lipinski definition) is 3. The Labute approximate surface area is 118 Å². The summed E-state index contributed by atoms with van der Waals surface area (Å²) in [5, 5.41) is 0. The lowest BCUT2D eigenvalue weighted by molar-refractivity contribution is 0.146. The number of aryl methyl sites for hydroxylation is 1. The van der Waals surface area contributed by atoms with Crippen LogP contribution in [0.2, 0.25) is 0 Å². The van der Waals surface area contributed by atoms with Gasteiger partial charge in [0.1, 0.15) is 12.4 Å². The minimum atomic E-state index is 0.574. The summed E-state index contributed by atoms with van der Waals surface area (Å²) < 4.78 is 11.5. The molecule has 0 aliphatic rings. The smallest absolute Gasteiger partial charge is 0.133 e. The van der Waals surface area contributed by atoms with Gasteiger partial charge in [-0.25, -0.2) is 0 Å². The van der Waals surface area contributed by atoms with E-state index in [0.29, 0.717) is 13.2 Å². The first-order chi connectivity index (χ1) is 8.77. The van der Waals surface area contributed by atoms with E-state index >= 15 is 0 Å². The van der Waals surface area contributed by atoms with Gasteiger partial charge in [0.25, 0.3) is 0 Å². The molecule has 1 rings (SSSR count). The molecule has 102 valence electrons. The van der Waals surface area contributed by atoms with Crippen molar-refractivity contribution in [2.75, 3.05) is 26.9 Å². The van der Waals surface area contributed by atoms with Crippen molar-refractivity contribution in [2.24, 2.45) is 5.73 Å². The fraction of sp³-hybridized carbons (Fsp3) is 0.571. The molecule has 0 unspecified atom stereocenters. The molecule has 0 saturated carbocycles. The summed E-state index contributed by atoms with van der Waals surface area (Å²) >= 11 is 3.54. The summed E-state index contributed by atoms with van der Waals surface area (Å²) in [5.41, 5.74) is 6.81. The number of rotatable bonds is 9. The van der Waals surface area contributed by atoms with E-state index in [0.717, 1.165) is 29.6 Å². The zero-order chi connectivity index (χ0) is 13.2. The van der Waals surface area contributed by atoms with Crippen molar-refractivity contribution >= 4 is 15.9 Å². The maximum Gasteiger partial charge on any atom is 0.133 e. The van der Waals surface area contributed by atoms with Crippen LogP contribution in [0.3, 0.4) is 0 Å². The lowest BCUT2D eigenvalue weighted by Gasteiger charge is -2.09. The second-order valence-electron chi connectivity index (χ2n) is 4.21. The predicted octanol–water partition coefficient (Wildman–Crippen LogP) is 3.15. The van der Waals surface area contributed by atoms with Crippen LogP contribution >= 0.6 is 15.9 Å². The summed E-state index contributed by atoms with van der Waals surface area (Å²) in [6.07, 6.45) is 4.59. The minimum absolute atomic E-state index is 0.574. The number of unbranched alkanes of at least 4 members (excludes halogenated alkanes) is 2. The van der Waals surface area contributed by atoms with Crippen LogP contribution in [0.4, 0.5) is 0 Å². The second-order valence-corrected chi connectivity index (χ2v) is 5.06. The summed E-state index contributed by atoms with van der Waals surface area (Å²) in [5.74, 6) is 0.873. The fourth-order valence-electron chi connectivity index (χ4n) is 1.70. The molecule has 1 aromatic rings. The van der Waals surface area contributed by atoms with Gasteiger partial charge in [-0.15, -0.1) is 0 Å². The molecule has 0 aromatic heterocycles. The van der Waals surface area contributed by atoms with Gasteiger partial charge in [0.05, 0.1) is 11.1 Å². The zero-order valence-electron chi connectivity index (χ0n) is 11.0. The molecular formula is C14H22BrNO2. The molecule has 2 N–H and O–H groups in total. The van der Waals surface area contributed by atoms with E-state index in [-0.39, 0.29) is 0 Å². The van der Waals surface area contributed by atoms with Crippen LogP contribution in [0.25, 0.3) is 0 Å². The van der Waals surface area contributed by atoms with E-state index in [1.54, 1.807) is 7.11 Å². The van der Waals surface area contributed by atoms with Crippen molar-refractivity contribution in [1.29, 1.82) is 0 Å². The lowest BCUT2D eigenvalue weighted by Crippen LogP contribution is -2.04. The number of benzene rings is 1. The molecule has 0 aliphatic carbocycles. The Morgan fingerprint density at radius 2 is 2.00 bits per heavy atom. The third-order valence-corrected chi connectivity index (χ3v) is 3.33. The molecule has 0 fully saturated rings. The van der Waals surface area contributed by atoms with E-state index in [1.165, 1.54) is 18.4 Å². The molecule has 18 heavy (non-hydrogen) atoms. The highest BCUT2D eigenvalue weighted by Gasteiger charge is 2.02. The molecule has 0 atom stereocenters. The SMILES string of the molecule is COCCOc1ccc(CCCCCN)cc1Br. The maximum atomic E-state index is 5.59. The molecule has 0 heterocycles. The first-order valence-electron chi connectivity index (χ1n) is 6.38. The topological polar surface area (TPSA) is 44.5 Å². The Morgan fingerprint density at radius 1 is 1.17 bits per heavy atom. The van der Waals surface area contributed by atoms with Crippen LogP contribution < -0.4 is 10.5 Å². The molecule has 0 bridgehead atoms. The minimum Gasteiger partial charge on any atom is -0.490 e. The average molecular weight is 316 g/mol. The Hall–Kier alpha value is -0.580. The summed E-state index contributed by atoms with van der Waals surface area (Å²) in [7, 11) is 1.67. The monoisotopic (exact) mass is 315 g/mol. The molecule has 3 nitrogen and oxygen atoms in total. The van der Waals surface area contributed by atoms with Crippen LogP contribution in [0.1, 0.15) is 24.8 Å². The van der Waals surface area contributed by atoms with Crippen LogP contribution in [0.15, 0.2) is 22.7 Å². The third kappa shape index (κ3) is 5.85. The van der Waals surface area contributed by atoms with Crippen LogP contribution in [-0.2, 0) is 11.2 Å². The van der Waals surface area contributed by atoms with E-state index in [2.05, 4.69) is 28.1 Å². The van der Waals surface area contributed by atoms with Crippen molar-refractivity contribution in [3.05, 3.63) is 28.2 Å². The number of nitrogens with two attached hydrogens (primary N) is 1. The highest BCUT2D eigenvalue weighted by molar-refractivity contribution is 9.10. The molecule has 0 saturated heterocycles. The predicted molar refractivity (Wildman–Crippen MR) is 78.1 cm³/mol. The van der Waals surface area contributed by atoms with Crippen molar-refractivity contribution in [2.45, 2.75) is 25.7 Å². The largest absolute Gasteiger partial charge is 0.490 e. The summed E-state index contributed by atoms with van der Waals surface area (Å²) in [6, 6.07) is 6.26. The van der Waals surface area contributed by atoms with Crippen LogP contribution in [-0.4, -0.2) is 26.9 Å². The maximum absolute atomic E-state index is 5.59. The van der Waals surface area contributed by atoms with E-state index < -0.39 is 0 Å².